The van der Waals surface area contributed by atoms with Crippen LogP contribution in [0.3, 0.4) is 0 Å². The van der Waals surface area contributed by atoms with Crippen LogP contribution in [-0.4, -0.2) is 22.4 Å². The van der Waals surface area contributed by atoms with E-state index in [9.17, 15) is 0 Å². The summed E-state index contributed by atoms with van der Waals surface area (Å²) in [6.45, 7) is 2.83. The van der Waals surface area contributed by atoms with Crippen molar-refractivity contribution < 1.29 is 4.84 Å². The van der Waals surface area contributed by atoms with Gasteiger partial charge in [-0.05, 0) is 31.9 Å². The molecule has 112 valence electrons. The number of benzene rings is 1. The van der Waals surface area contributed by atoms with E-state index in [-0.39, 0.29) is 5.41 Å². The van der Waals surface area contributed by atoms with Crippen molar-refractivity contribution in [2.45, 2.75) is 26.3 Å². The Bertz CT molecular complexity index is 714. The number of aromatic nitrogens is 2. The van der Waals surface area contributed by atoms with Crippen LogP contribution in [0.2, 0.25) is 0 Å². The molecule has 22 heavy (non-hydrogen) atoms. The van der Waals surface area contributed by atoms with Gasteiger partial charge >= 0.3 is 0 Å². The van der Waals surface area contributed by atoms with Crippen molar-refractivity contribution in [1.82, 2.24) is 9.55 Å². The Balaban J connectivity index is 1.76. The minimum atomic E-state index is 0.253. The number of hydrogen-bond acceptors (Lipinski definition) is 3. The smallest absolute Gasteiger partial charge is 0.107 e. The van der Waals surface area contributed by atoms with Crippen molar-refractivity contribution in [3.63, 3.8) is 0 Å². The number of oxime groups is 1. The molecule has 1 aliphatic carbocycles. The summed E-state index contributed by atoms with van der Waals surface area (Å²) in [4.78, 5) is 9.01. The maximum absolute atomic E-state index is 4.96. The summed E-state index contributed by atoms with van der Waals surface area (Å²) >= 11 is 0. The second-order valence-corrected chi connectivity index (χ2v) is 5.84. The average molecular weight is 293 g/mol. The number of imidazole rings is 1. The lowest BCUT2D eigenvalue weighted by Gasteiger charge is -2.07. The van der Waals surface area contributed by atoms with Crippen LogP contribution in [0.4, 0.5) is 0 Å². The van der Waals surface area contributed by atoms with E-state index in [2.05, 4.69) is 28.9 Å². The molecule has 1 aliphatic rings. The Morgan fingerprint density at radius 1 is 1.36 bits per heavy atom. The first-order valence-corrected chi connectivity index (χ1v) is 7.38. The van der Waals surface area contributed by atoms with E-state index in [0.717, 1.165) is 16.8 Å². The summed E-state index contributed by atoms with van der Waals surface area (Å²) < 4.78 is 1.96. The largest absolute Gasteiger partial charge is 0.399 e. The van der Waals surface area contributed by atoms with Gasteiger partial charge in [0, 0.05) is 28.9 Å². The molecular weight excluding hydrogens is 274 g/mol. The fraction of sp³-hybridized carbons (Fsp3) is 0.333. The van der Waals surface area contributed by atoms with E-state index in [4.69, 9.17) is 4.84 Å². The first kappa shape index (κ1) is 14.4. The van der Waals surface area contributed by atoms with Gasteiger partial charge in [0.1, 0.15) is 12.8 Å². The summed E-state index contributed by atoms with van der Waals surface area (Å²) in [6, 6.07) is 8.14. The lowest BCUT2D eigenvalue weighted by molar-refractivity contribution is 0.212. The van der Waals surface area contributed by atoms with Gasteiger partial charge in [-0.25, -0.2) is 4.98 Å². The molecule has 0 unspecified atom stereocenters. The second kappa shape index (κ2) is 6.07. The zero-order chi connectivity index (χ0) is 15.4. The molecule has 4 heteroatoms. The van der Waals surface area contributed by atoms with Crippen LogP contribution in [0.1, 0.15) is 30.9 Å². The van der Waals surface area contributed by atoms with E-state index in [0.29, 0.717) is 6.54 Å². The molecule has 3 rings (SSSR count). The quantitative estimate of drug-likeness (QED) is 0.494. The van der Waals surface area contributed by atoms with Crippen LogP contribution >= 0.6 is 0 Å². The summed E-state index contributed by atoms with van der Waals surface area (Å²) in [5.74, 6) is 6.60. The Labute approximate surface area is 130 Å². The second-order valence-electron chi connectivity index (χ2n) is 5.84. The molecule has 0 saturated heterocycles. The Kier molecular flexibility index (Phi) is 3.97. The van der Waals surface area contributed by atoms with Crippen LogP contribution in [-0.2, 0) is 11.4 Å². The minimum Gasteiger partial charge on any atom is -0.399 e. The zero-order valence-electron chi connectivity index (χ0n) is 12.9. The van der Waals surface area contributed by atoms with Crippen molar-refractivity contribution in [2.75, 3.05) is 7.11 Å². The van der Waals surface area contributed by atoms with Gasteiger partial charge < -0.3 is 9.40 Å². The van der Waals surface area contributed by atoms with Gasteiger partial charge in [0.05, 0.1) is 12.9 Å². The highest BCUT2D eigenvalue weighted by atomic mass is 16.6. The molecule has 1 saturated carbocycles. The molecule has 1 fully saturated rings. The molecule has 0 amide bonds. The fourth-order valence-corrected chi connectivity index (χ4v) is 2.12. The molecule has 0 spiro atoms. The molecule has 1 aromatic heterocycles. The maximum atomic E-state index is 4.96. The van der Waals surface area contributed by atoms with Crippen LogP contribution < -0.4 is 0 Å². The van der Waals surface area contributed by atoms with Gasteiger partial charge in [0.2, 0.25) is 0 Å². The first-order valence-electron chi connectivity index (χ1n) is 7.38. The maximum Gasteiger partial charge on any atom is 0.107 e. The molecule has 4 nitrogen and oxygen atoms in total. The zero-order valence-corrected chi connectivity index (χ0v) is 12.9. The van der Waals surface area contributed by atoms with E-state index < -0.39 is 0 Å². The third-order valence-electron chi connectivity index (χ3n) is 3.82. The Hall–Kier alpha value is -2.54. The topological polar surface area (TPSA) is 39.4 Å². The molecule has 1 heterocycles. The van der Waals surface area contributed by atoms with Gasteiger partial charge in [-0.3, -0.25) is 0 Å². The summed E-state index contributed by atoms with van der Waals surface area (Å²) in [6.07, 6.45) is 7.85. The monoisotopic (exact) mass is 293 g/mol. The van der Waals surface area contributed by atoms with Gasteiger partial charge in [0.25, 0.3) is 0 Å². The SMILES string of the molecule is CO/N=C(\Cn1ccnc1)c1ccc(C#CC2(C)CC2)cc1. The van der Waals surface area contributed by atoms with Gasteiger partial charge in [-0.1, -0.05) is 29.1 Å². The first-order chi connectivity index (χ1) is 10.7. The number of rotatable bonds is 4. The minimum absolute atomic E-state index is 0.253. The Morgan fingerprint density at radius 3 is 2.73 bits per heavy atom. The third-order valence-corrected chi connectivity index (χ3v) is 3.82. The molecule has 0 N–H and O–H groups in total. The Morgan fingerprint density at radius 2 is 2.14 bits per heavy atom. The van der Waals surface area contributed by atoms with Crippen LogP contribution in [0.5, 0.6) is 0 Å². The van der Waals surface area contributed by atoms with Crippen LogP contribution in [0.15, 0.2) is 48.1 Å². The van der Waals surface area contributed by atoms with Gasteiger partial charge in [-0.2, -0.15) is 0 Å². The van der Waals surface area contributed by atoms with E-state index in [1.165, 1.54) is 12.8 Å². The normalized spacial score (nSPS) is 15.8. The van der Waals surface area contributed by atoms with Gasteiger partial charge in [-0.15, -0.1) is 0 Å². The van der Waals surface area contributed by atoms with Crippen molar-refractivity contribution in [2.24, 2.45) is 10.6 Å². The molecule has 0 aliphatic heterocycles. The lowest BCUT2D eigenvalue weighted by Crippen LogP contribution is -2.11. The summed E-state index contributed by atoms with van der Waals surface area (Å²) in [5.41, 5.74) is 3.17. The third kappa shape index (κ3) is 3.56. The van der Waals surface area contributed by atoms with E-state index in [1.54, 1.807) is 19.6 Å². The number of nitrogens with zero attached hydrogens (tertiary/aromatic N) is 3. The molecular formula is C18H19N3O. The van der Waals surface area contributed by atoms with E-state index >= 15 is 0 Å². The lowest BCUT2D eigenvalue weighted by atomic mass is 10.1. The van der Waals surface area contributed by atoms with Crippen molar-refractivity contribution in [3.05, 3.63) is 54.1 Å². The molecule has 0 atom stereocenters. The molecule has 1 aromatic carbocycles. The van der Waals surface area contributed by atoms with Crippen LogP contribution in [0, 0.1) is 17.3 Å². The number of hydrogen-bond donors (Lipinski definition) is 0. The van der Waals surface area contributed by atoms with Crippen molar-refractivity contribution in [3.8, 4) is 11.8 Å². The predicted molar refractivity (Wildman–Crippen MR) is 86.4 cm³/mol. The van der Waals surface area contributed by atoms with Crippen molar-refractivity contribution >= 4 is 5.71 Å². The van der Waals surface area contributed by atoms with E-state index in [1.807, 2.05) is 35.0 Å². The summed E-state index contributed by atoms with van der Waals surface area (Å²) in [7, 11) is 1.56. The highest BCUT2D eigenvalue weighted by molar-refractivity contribution is 6.00. The summed E-state index contributed by atoms with van der Waals surface area (Å²) in [5, 5.41) is 4.13. The molecule has 0 radical (unpaired) electrons. The van der Waals surface area contributed by atoms with Gasteiger partial charge in [0.15, 0.2) is 0 Å². The van der Waals surface area contributed by atoms with Crippen molar-refractivity contribution in [1.29, 1.82) is 0 Å². The fourth-order valence-electron chi connectivity index (χ4n) is 2.12. The predicted octanol–water partition coefficient (Wildman–Crippen LogP) is 3.09. The highest BCUT2D eigenvalue weighted by Crippen LogP contribution is 2.44. The molecule has 0 bridgehead atoms. The molecule has 2 aromatic rings. The highest BCUT2D eigenvalue weighted by Gasteiger charge is 2.35. The standard InChI is InChI=1S/C18H19N3O/c1-18(9-10-18)8-7-15-3-5-16(6-4-15)17(20-22-2)13-21-12-11-19-14-21/h3-6,11-12,14H,9-10,13H2,1-2H3/b20-17+. The van der Waals surface area contributed by atoms with Crippen LogP contribution in [0.25, 0.3) is 0 Å². The average Bonchev–Trinajstić information content (AvgIpc) is 3.05.